The minimum atomic E-state index is -1.03. The number of hydrogen-bond donors (Lipinski definition) is 2. The summed E-state index contributed by atoms with van der Waals surface area (Å²) in [7, 11) is 0. The molecule has 7 nitrogen and oxygen atoms in total. The van der Waals surface area contributed by atoms with Crippen LogP contribution in [0, 0.1) is 6.92 Å². The summed E-state index contributed by atoms with van der Waals surface area (Å²) < 4.78 is 10.6. The first kappa shape index (κ1) is 21.0. The van der Waals surface area contributed by atoms with Gasteiger partial charge in [-0.05, 0) is 44.5 Å². The smallest absolute Gasteiger partial charge is 0.306 e. The predicted molar refractivity (Wildman–Crippen MR) is 104 cm³/mol. The number of aryl methyl sites for hydroxylation is 1. The van der Waals surface area contributed by atoms with Crippen LogP contribution in [0.3, 0.4) is 0 Å². The van der Waals surface area contributed by atoms with Gasteiger partial charge >= 0.3 is 5.97 Å². The summed E-state index contributed by atoms with van der Waals surface area (Å²) in [6.07, 6.45) is -0.437. The maximum Gasteiger partial charge on any atom is 0.306 e. The van der Waals surface area contributed by atoms with Gasteiger partial charge in [0.25, 0.3) is 11.8 Å². The molecule has 0 heterocycles. The second kappa shape index (κ2) is 10.7. The molecule has 0 aliphatic carbocycles. The Bertz CT molecular complexity index is 790. The van der Waals surface area contributed by atoms with E-state index < -0.39 is 23.9 Å². The number of esters is 1. The maximum atomic E-state index is 11.9. The molecule has 2 amide bonds. The number of hydrogen-bond acceptors (Lipinski definition) is 5. The highest BCUT2D eigenvalue weighted by Gasteiger charge is 2.18. The minimum absolute atomic E-state index is 0.125. The van der Waals surface area contributed by atoms with Gasteiger partial charge in [-0.15, -0.1) is 0 Å². The molecule has 0 unspecified atom stereocenters. The van der Waals surface area contributed by atoms with Crippen LogP contribution in [0.15, 0.2) is 54.6 Å². The van der Waals surface area contributed by atoms with Crippen LogP contribution >= 0.6 is 0 Å². The van der Waals surface area contributed by atoms with Crippen LogP contribution < -0.4 is 15.6 Å². The van der Waals surface area contributed by atoms with Crippen molar-refractivity contribution in [1.29, 1.82) is 0 Å². The Hall–Kier alpha value is -3.35. The van der Waals surface area contributed by atoms with E-state index in [1.165, 1.54) is 6.92 Å². The van der Waals surface area contributed by atoms with Crippen LogP contribution in [0.4, 0.5) is 0 Å². The van der Waals surface area contributed by atoms with Gasteiger partial charge < -0.3 is 9.47 Å². The normalized spacial score (nSPS) is 11.2. The first-order valence-corrected chi connectivity index (χ1v) is 9.00. The number of benzene rings is 2. The van der Waals surface area contributed by atoms with Crippen LogP contribution in [0.25, 0.3) is 0 Å². The third kappa shape index (κ3) is 7.11. The lowest BCUT2D eigenvalue weighted by Gasteiger charge is -2.14. The molecule has 2 aromatic rings. The number of rotatable bonds is 8. The molecule has 0 saturated carbocycles. The average Bonchev–Trinajstić information content (AvgIpc) is 2.71. The zero-order valence-electron chi connectivity index (χ0n) is 15.9. The van der Waals surface area contributed by atoms with Gasteiger partial charge in [0, 0.05) is 12.0 Å². The average molecular weight is 384 g/mol. The number of amides is 2. The monoisotopic (exact) mass is 384 g/mol. The molecule has 2 rings (SSSR count). The van der Waals surface area contributed by atoms with Crippen LogP contribution in [0.2, 0.25) is 0 Å². The van der Waals surface area contributed by atoms with E-state index in [1.54, 1.807) is 30.3 Å². The number of ether oxygens (including phenoxy) is 2. The van der Waals surface area contributed by atoms with E-state index in [0.717, 1.165) is 11.3 Å². The third-order valence-corrected chi connectivity index (χ3v) is 3.83. The molecule has 7 heteroatoms. The summed E-state index contributed by atoms with van der Waals surface area (Å²) in [4.78, 5) is 35.6. The standard InChI is InChI=1S/C21H24N2O5/c1-15-10-12-18(13-11-15)27-14-6-9-19(24)28-16(2)20(25)22-23-21(26)17-7-4-3-5-8-17/h3-5,7-8,10-13,16H,6,9,14H2,1-2H3,(H,22,25)(H,23,26)/t16-/m0/s1. The summed E-state index contributed by atoms with van der Waals surface area (Å²) in [5.41, 5.74) is 6.06. The molecule has 0 fully saturated rings. The molecule has 2 N–H and O–H groups in total. The fourth-order valence-corrected chi connectivity index (χ4v) is 2.23. The number of carbonyl (C=O) groups excluding carboxylic acids is 3. The van der Waals surface area contributed by atoms with Gasteiger partial charge in [0.1, 0.15) is 5.75 Å². The van der Waals surface area contributed by atoms with Crippen LogP contribution in [-0.4, -0.2) is 30.5 Å². The summed E-state index contributed by atoms with van der Waals surface area (Å²) in [6.45, 7) is 3.79. The molecule has 0 aromatic heterocycles. The van der Waals surface area contributed by atoms with Gasteiger partial charge in [0.2, 0.25) is 0 Å². The highest BCUT2D eigenvalue weighted by atomic mass is 16.5. The molecular weight excluding hydrogens is 360 g/mol. The molecular formula is C21H24N2O5. The highest BCUT2D eigenvalue weighted by Crippen LogP contribution is 2.12. The Morgan fingerprint density at radius 2 is 1.64 bits per heavy atom. The van der Waals surface area contributed by atoms with E-state index in [0.29, 0.717) is 18.6 Å². The maximum absolute atomic E-state index is 11.9. The van der Waals surface area contributed by atoms with E-state index >= 15 is 0 Å². The van der Waals surface area contributed by atoms with Gasteiger partial charge in [-0.25, -0.2) is 0 Å². The third-order valence-electron chi connectivity index (χ3n) is 3.83. The van der Waals surface area contributed by atoms with Crippen molar-refractivity contribution in [3.8, 4) is 5.75 Å². The fourth-order valence-electron chi connectivity index (χ4n) is 2.23. The van der Waals surface area contributed by atoms with Gasteiger partial charge in [0.15, 0.2) is 6.10 Å². The first-order chi connectivity index (χ1) is 13.5. The molecule has 0 aliphatic rings. The molecule has 0 bridgehead atoms. The zero-order chi connectivity index (χ0) is 20.4. The Morgan fingerprint density at radius 1 is 0.964 bits per heavy atom. The van der Waals surface area contributed by atoms with Crippen molar-refractivity contribution in [2.75, 3.05) is 6.61 Å². The Morgan fingerprint density at radius 3 is 2.32 bits per heavy atom. The molecule has 0 radical (unpaired) electrons. The Kier molecular flexibility index (Phi) is 8.02. The van der Waals surface area contributed by atoms with Crippen LogP contribution in [0.5, 0.6) is 5.75 Å². The van der Waals surface area contributed by atoms with E-state index in [2.05, 4.69) is 10.9 Å². The lowest BCUT2D eigenvalue weighted by Crippen LogP contribution is -2.46. The number of hydrazine groups is 1. The predicted octanol–water partition coefficient (Wildman–Crippen LogP) is 2.55. The first-order valence-electron chi connectivity index (χ1n) is 9.00. The van der Waals surface area contributed by atoms with Gasteiger partial charge in [-0.2, -0.15) is 0 Å². The lowest BCUT2D eigenvalue weighted by atomic mass is 10.2. The largest absolute Gasteiger partial charge is 0.494 e. The van der Waals surface area contributed by atoms with Gasteiger partial charge in [-0.1, -0.05) is 35.9 Å². The Balaban J connectivity index is 1.63. The van der Waals surface area contributed by atoms with Crippen molar-refractivity contribution in [3.05, 3.63) is 65.7 Å². The Labute approximate surface area is 164 Å². The van der Waals surface area contributed by atoms with Gasteiger partial charge in [0.05, 0.1) is 6.61 Å². The SMILES string of the molecule is Cc1ccc(OCCCC(=O)O[C@@H](C)C(=O)NNC(=O)c2ccccc2)cc1. The molecule has 0 aliphatic heterocycles. The van der Waals surface area contributed by atoms with Crippen molar-refractivity contribution in [3.63, 3.8) is 0 Å². The zero-order valence-corrected chi connectivity index (χ0v) is 15.9. The summed E-state index contributed by atoms with van der Waals surface area (Å²) >= 11 is 0. The summed E-state index contributed by atoms with van der Waals surface area (Å²) in [5, 5.41) is 0. The van der Waals surface area contributed by atoms with E-state index in [4.69, 9.17) is 9.47 Å². The van der Waals surface area contributed by atoms with E-state index in [1.807, 2.05) is 31.2 Å². The lowest BCUT2D eigenvalue weighted by molar-refractivity contribution is -0.155. The van der Waals surface area contributed by atoms with Crippen molar-refractivity contribution < 1.29 is 23.9 Å². The molecule has 1 atom stereocenters. The molecule has 28 heavy (non-hydrogen) atoms. The van der Waals surface area contributed by atoms with Crippen molar-refractivity contribution in [1.82, 2.24) is 10.9 Å². The van der Waals surface area contributed by atoms with Crippen molar-refractivity contribution >= 4 is 17.8 Å². The highest BCUT2D eigenvalue weighted by molar-refractivity contribution is 5.95. The second-order valence-electron chi connectivity index (χ2n) is 6.21. The van der Waals surface area contributed by atoms with Crippen LogP contribution in [0.1, 0.15) is 35.7 Å². The van der Waals surface area contributed by atoms with E-state index in [9.17, 15) is 14.4 Å². The van der Waals surface area contributed by atoms with Crippen molar-refractivity contribution in [2.24, 2.45) is 0 Å². The minimum Gasteiger partial charge on any atom is -0.494 e. The fraction of sp³-hybridized carbons (Fsp3) is 0.286. The molecule has 148 valence electrons. The van der Waals surface area contributed by atoms with Crippen molar-refractivity contribution in [2.45, 2.75) is 32.8 Å². The molecule has 0 saturated heterocycles. The molecule has 0 spiro atoms. The quantitative estimate of drug-likeness (QED) is 0.414. The second-order valence-corrected chi connectivity index (χ2v) is 6.21. The number of carbonyl (C=O) groups is 3. The van der Waals surface area contributed by atoms with E-state index in [-0.39, 0.29) is 6.42 Å². The molecule has 2 aromatic carbocycles. The van der Waals surface area contributed by atoms with Gasteiger partial charge in [-0.3, -0.25) is 25.2 Å². The summed E-state index contributed by atoms with van der Waals surface area (Å²) in [6, 6.07) is 16.1. The van der Waals surface area contributed by atoms with Crippen LogP contribution in [-0.2, 0) is 14.3 Å². The number of nitrogens with one attached hydrogen (secondary N) is 2. The summed E-state index contributed by atoms with van der Waals surface area (Å²) in [5.74, 6) is -0.848. The topological polar surface area (TPSA) is 93.7 Å².